The second-order valence-electron chi connectivity index (χ2n) is 4.09. The molecular formula is C10H21N3O. The zero-order chi connectivity index (χ0) is 10.6. The summed E-state index contributed by atoms with van der Waals surface area (Å²) < 4.78 is 0. The van der Waals surface area contributed by atoms with Crippen LogP contribution in [0.4, 0.5) is 4.79 Å². The average molecular weight is 199 g/mol. The standard InChI is InChI=1S/C10H21N3O/c1-4-13(5-2)9(14)12-10(3)6-7-11-8-10/h11H,4-8H2,1-3H3,(H,12,14). The first-order chi connectivity index (χ1) is 6.61. The first-order valence-corrected chi connectivity index (χ1v) is 5.39. The minimum Gasteiger partial charge on any atom is -0.332 e. The van der Waals surface area contributed by atoms with Crippen LogP contribution in [0.2, 0.25) is 0 Å². The number of rotatable bonds is 3. The highest BCUT2D eigenvalue weighted by Gasteiger charge is 2.30. The number of carbonyl (C=O) groups excluding carboxylic acids is 1. The number of hydrogen-bond donors (Lipinski definition) is 2. The van der Waals surface area contributed by atoms with Crippen molar-refractivity contribution >= 4 is 6.03 Å². The zero-order valence-electron chi connectivity index (χ0n) is 9.39. The van der Waals surface area contributed by atoms with Gasteiger partial charge in [-0.25, -0.2) is 4.79 Å². The molecule has 1 atom stereocenters. The van der Waals surface area contributed by atoms with Crippen LogP contribution in [0.5, 0.6) is 0 Å². The van der Waals surface area contributed by atoms with E-state index in [1.54, 1.807) is 0 Å². The van der Waals surface area contributed by atoms with Crippen LogP contribution in [-0.2, 0) is 0 Å². The Morgan fingerprint density at radius 2 is 2.14 bits per heavy atom. The molecule has 0 bridgehead atoms. The van der Waals surface area contributed by atoms with E-state index in [9.17, 15) is 4.79 Å². The van der Waals surface area contributed by atoms with E-state index >= 15 is 0 Å². The summed E-state index contributed by atoms with van der Waals surface area (Å²) in [6.45, 7) is 9.50. The van der Waals surface area contributed by atoms with Crippen molar-refractivity contribution in [2.45, 2.75) is 32.7 Å². The van der Waals surface area contributed by atoms with Crippen molar-refractivity contribution in [2.24, 2.45) is 0 Å². The molecule has 1 fully saturated rings. The van der Waals surface area contributed by atoms with Gasteiger partial charge in [0.1, 0.15) is 0 Å². The third-order valence-corrected chi connectivity index (χ3v) is 2.83. The van der Waals surface area contributed by atoms with Crippen molar-refractivity contribution in [3.05, 3.63) is 0 Å². The van der Waals surface area contributed by atoms with Crippen LogP contribution in [0, 0.1) is 0 Å². The number of nitrogens with one attached hydrogen (secondary N) is 2. The summed E-state index contributed by atoms with van der Waals surface area (Å²) in [4.78, 5) is 13.6. The van der Waals surface area contributed by atoms with E-state index in [2.05, 4.69) is 17.6 Å². The topological polar surface area (TPSA) is 44.4 Å². The predicted molar refractivity (Wildman–Crippen MR) is 57.3 cm³/mol. The Morgan fingerprint density at radius 1 is 1.50 bits per heavy atom. The molecule has 1 saturated heterocycles. The van der Waals surface area contributed by atoms with Crippen molar-refractivity contribution in [1.29, 1.82) is 0 Å². The highest BCUT2D eigenvalue weighted by molar-refractivity contribution is 5.75. The predicted octanol–water partition coefficient (Wildman–Crippen LogP) is 0.790. The van der Waals surface area contributed by atoms with Gasteiger partial charge in [-0.05, 0) is 33.7 Å². The Bertz CT molecular complexity index is 196. The van der Waals surface area contributed by atoms with Crippen LogP contribution in [-0.4, -0.2) is 42.6 Å². The van der Waals surface area contributed by atoms with E-state index < -0.39 is 0 Å². The fourth-order valence-corrected chi connectivity index (χ4v) is 1.77. The van der Waals surface area contributed by atoms with E-state index in [1.807, 2.05) is 18.7 Å². The average Bonchev–Trinajstić information content (AvgIpc) is 2.54. The number of hydrogen-bond acceptors (Lipinski definition) is 2. The molecule has 0 aromatic rings. The monoisotopic (exact) mass is 199 g/mol. The summed E-state index contributed by atoms with van der Waals surface area (Å²) in [6, 6.07) is 0.0567. The molecular weight excluding hydrogens is 178 g/mol. The molecule has 4 heteroatoms. The molecule has 1 rings (SSSR count). The van der Waals surface area contributed by atoms with Gasteiger partial charge in [0.25, 0.3) is 0 Å². The van der Waals surface area contributed by atoms with Crippen LogP contribution in [0.25, 0.3) is 0 Å². The number of urea groups is 1. The molecule has 82 valence electrons. The molecule has 2 amide bonds. The summed E-state index contributed by atoms with van der Waals surface area (Å²) in [6.07, 6.45) is 1.01. The molecule has 0 radical (unpaired) electrons. The number of nitrogens with zero attached hydrogens (tertiary/aromatic N) is 1. The van der Waals surface area contributed by atoms with Gasteiger partial charge in [-0.1, -0.05) is 0 Å². The quantitative estimate of drug-likeness (QED) is 0.706. The van der Waals surface area contributed by atoms with E-state index in [0.29, 0.717) is 0 Å². The maximum Gasteiger partial charge on any atom is 0.317 e. The Morgan fingerprint density at radius 3 is 2.57 bits per heavy atom. The van der Waals surface area contributed by atoms with Gasteiger partial charge in [0.05, 0.1) is 5.54 Å². The van der Waals surface area contributed by atoms with E-state index in [0.717, 1.165) is 32.6 Å². The Balaban J connectivity index is 2.46. The molecule has 0 aliphatic carbocycles. The maximum atomic E-state index is 11.8. The van der Waals surface area contributed by atoms with Gasteiger partial charge in [0.2, 0.25) is 0 Å². The van der Waals surface area contributed by atoms with E-state index in [-0.39, 0.29) is 11.6 Å². The van der Waals surface area contributed by atoms with Gasteiger partial charge in [-0.2, -0.15) is 0 Å². The summed E-state index contributed by atoms with van der Waals surface area (Å²) >= 11 is 0. The smallest absolute Gasteiger partial charge is 0.317 e. The van der Waals surface area contributed by atoms with Crippen molar-refractivity contribution < 1.29 is 4.79 Å². The van der Waals surface area contributed by atoms with Crippen LogP contribution in [0.1, 0.15) is 27.2 Å². The minimum atomic E-state index is -0.0559. The number of carbonyl (C=O) groups is 1. The summed E-state index contributed by atoms with van der Waals surface area (Å²) in [5.74, 6) is 0. The van der Waals surface area contributed by atoms with Crippen LogP contribution in [0.3, 0.4) is 0 Å². The molecule has 4 nitrogen and oxygen atoms in total. The fourth-order valence-electron chi connectivity index (χ4n) is 1.77. The van der Waals surface area contributed by atoms with Gasteiger partial charge in [-0.3, -0.25) is 0 Å². The molecule has 14 heavy (non-hydrogen) atoms. The SMILES string of the molecule is CCN(CC)C(=O)NC1(C)CCNC1. The van der Waals surface area contributed by atoms with Gasteiger partial charge in [0, 0.05) is 19.6 Å². The zero-order valence-corrected chi connectivity index (χ0v) is 9.39. The molecule has 0 aromatic carbocycles. The van der Waals surface area contributed by atoms with E-state index in [4.69, 9.17) is 0 Å². The Labute approximate surface area is 86.0 Å². The second kappa shape index (κ2) is 4.64. The van der Waals surface area contributed by atoms with Gasteiger partial charge >= 0.3 is 6.03 Å². The van der Waals surface area contributed by atoms with Gasteiger partial charge in [-0.15, -0.1) is 0 Å². The molecule has 1 unspecified atom stereocenters. The lowest BCUT2D eigenvalue weighted by molar-refractivity contribution is 0.191. The Hall–Kier alpha value is -0.770. The molecule has 0 aromatic heterocycles. The third-order valence-electron chi connectivity index (χ3n) is 2.83. The largest absolute Gasteiger partial charge is 0.332 e. The van der Waals surface area contributed by atoms with Gasteiger partial charge < -0.3 is 15.5 Å². The van der Waals surface area contributed by atoms with Gasteiger partial charge in [0.15, 0.2) is 0 Å². The van der Waals surface area contributed by atoms with Crippen molar-refractivity contribution in [1.82, 2.24) is 15.5 Å². The van der Waals surface area contributed by atoms with Crippen molar-refractivity contribution in [3.8, 4) is 0 Å². The lowest BCUT2D eigenvalue weighted by atomic mass is 10.0. The van der Waals surface area contributed by atoms with Crippen molar-refractivity contribution in [2.75, 3.05) is 26.2 Å². The van der Waals surface area contributed by atoms with Crippen LogP contribution >= 0.6 is 0 Å². The molecule has 2 N–H and O–H groups in total. The first kappa shape index (κ1) is 11.3. The third kappa shape index (κ3) is 2.61. The summed E-state index contributed by atoms with van der Waals surface area (Å²) in [7, 11) is 0. The fraction of sp³-hybridized carbons (Fsp3) is 0.900. The highest BCUT2D eigenvalue weighted by atomic mass is 16.2. The highest BCUT2D eigenvalue weighted by Crippen LogP contribution is 2.13. The lowest BCUT2D eigenvalue weighted by Gasteiger charge is -2.29. The molecule has 0 spiro atoms. The minimum absolute atomic E-state index is 0.0559. The Kier molecular flexibility index (Phi) is 3.75. The van der Waals surface area contributed by atoms with E-state index in [1.165, 1.54) is 0 Å². The van der Waals surface area contributed by atoms with Crippen LogP contribution in [0.15, 0.2) is 0 Å². The number of amides is 2. The molecule has 0 saturated carbocycles. The molecule has 1 heterocycles. The lowest BCUT2D eigenvalue weighted by Crippen LogP contribution is -2.52. The van der Waals surface area contributed by atoms with Crippen molar-refractivity contribution in [3.63, 3.8) is 0 Å². The molecule has 1 aliphatic rings. The van der Waals surface area contributed by atoms with Crippen LogP contribution < -0.4 is 10.6 Å². The summed E-state index contributed by atoms with van der Waals surface area (Å²) in [5.41, 5.74) is -0.0559. The molecule has 1 aliphatic heterocycles. The summed E-state index contributed by atoms with van der Waals surface area (Å²) in [5, 5.41) is 6.34. The normalized spacial score (nSPS) is 26.2. The first-order valence-electron chi connectivity index (χ1n) is 5.39. The maximum absolute atomic E-state index is 11.8. The second-order valence-corrected chi connectivity index (χ2v) is 4.09.